The Morgan fingerprint density at radius 2 is 2.38 bits per heavy atom. The second-order valence-electron chi connectivity index (χ2n) is 3.06. The van der Waals surface area contributed by atoms with Crippen molar-refractivity contribution in [3.63, 3.8) is 0 Å². The van der Waals surface area contributed by atoms with Crippen LogP contribution < -0.4 is 5.73 Å². The fourth-order valence-electron chi connectivity index (χ4n) is 1.13. The Balaban J connectivity index is 2.77. The topological polar surface area (TPSA) is 65.2 Å². The maximum atomic E-state index is 13.5. The third-order valence-electron chi connectivity index (χ3n) is 1.91. The maximum absolute atomic E-state index is 13.5. The van der Waals surface area contributed by atoms with Crippen LogP contribution in [-0.4, -0.2) is 23.7 Å². The second kappa shape index (κ2) is 5.91. The highest BCUT2D eigenvalue weighted by Crippen LogP contribution is 2.18. The number of nitrogens with two attached hydrogens (primary N) is 1. The van der Waals surface area contributed by atoms with Crippen molar-refractivity contribution in [2.24, 2.45) is 5.73 Å². The van der Waals surface area contributed by atoms with E-state index in [2.05, 4.69) is 25.7 Å². The molecule has 1 aromatic rings. The largest absolute Gasteiger partial charge is 0.464 e. The molecule has 2 N–H and O–H groups in total. The molecule has 0 saturated heterocycles. The molecule has 0 aliphatic heterocycles. The SMILES string of the molecule is CCOC(=O)C(F)[C@H](N)c1cccc(Br)n1. The van der Waals surface area contributed by atoms with Crippen molar-refractivity contribution in [1.82, 2.24) is 4.98 Å². The molecule has 1 aromatic heterocycles. The summed E-state index contributed by atoms with van der Waals surface area (Å²) in [6, 6.07) is 3.80. The Morgan fingerprint density at radius 3 is 2.94 bits per heavy atom. The standard InChI is InChI=1S/C10H12BrFN2O2/c1-2-16-10(15)8(12)9(13)6-4-3-5-7(11)14-6/h3-5,8-9H,2,13H2,1H3/t8?,9-/m1/s1. The van der Waals surface area contributed by atoms with Gasteiger partial charge in [-0.25, -0.2) is 14.2 Å². The van der Waals surface area contributed by atoms with Gasteiger partial charge in [0.25, 0.3) is 0 Å². The van der Waals surface area contributed by atoms with Crippen molar-refractivity contribution in [2.75, 3.05) is 6.61 Å². The van der Waals surface area contributed by atoms with Gasteiger partial charge in [-0.05, 0) is 35.0 Å². The minimum Gasteiger partial charge on any atom is -0.464 e. The second-order valence-corrected chi connectivity index (χ2v) is 3.88. The summed E-state index contributed by atoms with van der Waals surface area (Å²) >= 11 is 3.14. The molecule has 88 valence electrons. The first-order chi connectivity index (χ1) is 7.56. The summed E-state index contributed by atoms with van der Waals surface area (Å²) in [7, 11) is 0. The third-order valence-corrected chi connectivity index (χ3v) is 2.35. The van der Waals surface area contributed by atoms with Gasteiger partial charge in [0.1, 0.15) is 4.60 Å². The zero-order chi connectivity index (χ0) is 12.1. The lowest BCUT2D eigenvalue weighted by Gasteiger charge is -2.14. The quantitative estimate of drug-likeness (QED) is 0.678. The van der Waals surface area contributed by atoms with Crippen molar-refractivity contribution in [3.8, 4) is 0 Å². The fraction of sp³-hybridized carbons (Fsp3) is 0.400. The van der Waals surface area contributed by atoms with Gasteiger partial charge in [-0.15, -0.1) is 0 Å². The number of ether oxygens (including phenoxy) is 1. The first kappa shape index (κ1) is 13.1. The van der Waals surface area contributed by atoms with E-state index in [-0.39, 0.29) is 6.61 Å². The van der Waals surface area contributed by atoms with Gasteiger partial charge >= 0.3 is 5.97 Å². The van der Waals surface area contributed by atoms with Crippen LogP contribution in [0.5, 0.6) is 0 Å². The summed E-state index contributed by atoms with van der Waals surface area (Å²) in [4.78, 5) is 15.1. The van der Waals surface area contributed by atoms with Gasteiger partial charge in [0.05, 0.1) is 18.3 Å². The van der Waals surface area contributed by atoms with Crippen molar-refractivity contribution >= 4 is 21.9 Å². The third kappa shape index (κ3) is 3.24. The molecule has 0 spiro atoms. The number of halogens is 2. The lowest BCUT2D eigenvalue weighted by Crippen LogP contribution is -2.32. The molecule has 1 rings (SSSR count). The fourth-order valence-corrected chi connectivity index (χ4v) is 1.49. The van der Waals surface area contributed by atoms with Gasteiger partial charge < -0.3 is 10.5 Å². The van der Waals surface area contributed by atoms with Gasteiger partial charge in [0.2, 0.25) is 6.17 Å². The Morgan fingerprint density at radius 1 is 1.69 bits per heavy atom. The smallest absolute Gasteiger partial charge is 0.342 e. The summed E-state index contributed by atoms with van der Waals surface area (Å²) in [5.41, 5.74) is 5.88. The van der Waals surface area contributed by atoms with Crippen molar-refractivity contribution in [1.29, 1.82) is 0 Å². The molecular weight excluding hydrogens is 279 g/mol. The van der Waals surface area contributed by atoms with Crippen LogP contribution in [0, 0.1) is 0 Å². The van der Waals surface area contributed by atoms with E-state index in [0.717, 1.165) is 0 Å². The summed E-state index contributed by atoms with van der Waals surface area (Å²) < 4.78 is 18.6. The number of rotatable bonds is 4. The van der Waals surface area contributed by atoms with Crippen LogP contribution in [-0.2, 0) is 9.53 Å². The number of hydrogen-bond donors (Lipinski definition) is 1. The zero-order valence-electron chi connectivity index (χ0n) is 8.69. The zero-order valence-corrected chi connectivity index (χ0v) is 10.3. The lowest BCUT2D eigenvalue weighted by molar-refractivity contribution is -0.150. The predicted molar refractivity (Wildman–Crippen MR) is 60.4 cm³/mol. The highest BCUT2D eigenvalue weighted by Gasteiger charge is 2.28. The maximum Gasteiger partial charge on any atom is 0.342 e. The minimum absolute atomic E-state index is 0.123. The molecule has 2 atom stereocenters. The summed E-state index contributed by atoms with van der Waals surface area (Å²) in [5, 5.41) is 0. The normalized spacial score (nSPS) is 14.2. The van der Waals surface area contributed by atoms with E-state index in [9.17, 15) is 9.18 Å². The molecule has 16 heavy (non-hydrogen) atoms. The van der Waals surface area contributed by atoms with Crippen LogP contribution in [0.4, 0.5) is 4.39 Å². The van der Waals surface area contributed by atoms with Crippen LogP contribution in [0.2, 0.25) is 0 Å². The number of carbonyl (C=O) groups is 1. The Bertz CT molecular complexity index is 376. The van der Waals surface area contributed by atoms with Crippen LogP contribution in [0.3, 0.4) is 0 Å². The summed E-state index contributed by atoms with van der Waals surface area (Å²) in [5.74, 6) is -0.961. The molecule has 0 radical (unpaired) electrons. The lowest BCUT2D eigenvalue weighted by atomic mass is 10.1. The molecule has 0 bridgehead atoms. The van der Waals surface area contributed by atoms with E-state index in [4.69, 9.17) is 5.73 Å². The monoisotopic (exact) mass is 290 g/mol. The summed E-state index contributed by atoms with van der Waals surface area (Å²) in [6.07, 6.45) is -1.90. The molecule has 4 nitrogen and oxygen atoms in total. The van der Waals surface area contributed by atoms with Gasteiger partial charge in [-0.3, -0.25) is 0 Å². The van der Waals surface area contributed by atoms with E-state index in [0.29, 0.717) is 10.3 Å². The van der Waals surface area contributed by atoms with Gasteiger partial charge in [-0.1, -0.05) is 6.07 Å². The molecule has 0 fully saturated rings. The number of aromatic nitrogens is 1. The number of pyridine rings is 1. The summed E-state index contributed by atoms with van der Waals surface area (Å²) in [6.45, 7) is 1.73. The van der Waals surface area contributed by atoms with Gasteiger partial charge in [0.15, 0.2) is 0 Å². The highest BCUT2D eigenvalue weighted by molar-refractivity contribution is 9.10. The van der Waals surface area contributed by atoms with Crippen molar-refractivity contribution in [3.05, 3.63) is 28.5 Å². The molecule has 0 aliphatic rings. The molecule has 1 unspecified atom stereocenters. The van der Waals surface area contributed by atoms with E-state index in [1.807, 2.05) is 0 Å². The first-order valence-electron chi connectivity index (χ1n) is 4.75. The minimum atomic E-state index is -1.90. The molecule has 6 heteroatoms. The van der Waals surface area contributed by atoms with Gasteiger partial charge in [0, 0.05) is 0 Å². The number of alkyl halides is 1. The van der Waals surface area contributed by atoms with E-state index in [1.165, 1.54) is 0 Å². The Hall–Kier alpha value is -1.01. The first-order valence-corrected chi connectivity index (χ1v) is 5.54. The van der Waals surface area contributed by atoms with Crippen molar-refractivity contribution < 1.29 is 13.9 Å². The average molecular weight is 291 g/mol. The number of nitrogens with zero attached hydrogens (tertiary/aromatic N) is 1. The molecule has 1 heterocycles. The number of hydrogen-bond acceptors (Lipinski definition) is 4. The van der Waals surface area contributed by atoms with Crippen molar-refractivity contribution in [2.45, 2.75) is 19.1 Å². The van der Waals surface area contributed by atoms with Gasteiger partial charge in [-0.2, -0.15) is 0 Å². The Labute approximate surface area is 101 Å². The van der Waals surface area contributed by atoms with Crippen LogP contribution >= 0.6 is 15.9 Å². The number of esters is 1. The molecule has 0 saturated carbocycles. The van der Waals surface area contributed by atoms with E-state index in [1.54, 1.807) is 25.1 Å². The number of carbonyl (C=O) groups excluding carboxylic acids is 1. The van der Waals surface area contributed by atoms with Crippen LogP contribution in [0.15, 0.2) is 22.8 Å². The van der Waals surface area contributed by atoms with E-state index < -0.39 is 18.2 Å². The highest BCUT2D eigenvalue weighted by atomic mass is 79.9. The van der Waals surface area contributed by atoms with E-state index >= 15 is 0 Å². The molecule has 0 amide bonds. The molecular formula is C10H12BrFN2O2. The van der Waals surface area contributed by atoms with Crippen LogP contribution in [0.1, 0.15) is 18.7 Å². The van der Waals surface area contributed by atoms with Crippen LogP contribution in [0.25, 0.3) is 0 Å². The average Bonchev–Trinajstić information content (AvgIpc) is 2.27. The molecule has 0 aliphatic carbocycles. The molecule has 0 aromatic carbocycles. The Kier molecular flexibility index (Phi) is 4.82. The predicted octanol–water partition coefficient (Wildman–Crippen LogP) is 1.75.